The standard InChI is InChI=1S/C14H16BrFO2/c1-4-18-14(17)8-13(9(2)3)10-5-11(15)7-12(16)6-10/h5-9H,4H2,1-3H3/b13-8-. The summed E-state index contributed by atoms with van der Waals surface area (Å²) in [6.45, 7) is 5.97. The van der Waals surface area contributed by atoms with Crippen molar-refractivity contribution in [1.82, 2.24) is 0 Å². The zero-order valence-corrected chi connectivity index (χ0v) is 12.3. The van der Waals surface area contributed by atoms with E-state index in [1.54, 1.807) is 13.0 Å². The Balaban J connectivity index is 3.16. The number of hydrogen-bond acceptors (Lipinski definition) is 2. The van der Waals surface area contributed by atoms with Gasteiger partial charge in [0.05, 0.1) is 6.61 Å². The molecule has 2 nitrogen and oxygen atoms in total. The van der Waals surface area contributed by atoms with Crippen LogP contribution >= 0.6 is 15.9 Å². The average Bonchev–Trinajstić information content (AvgIpc) is 2.24. The Labute approximate surface area is 115 Å². The number of benzene rings is 1. The lowest BCUT2D eigenvalue weighted by atomic mass is 9.95. The molecule has 1 aromatic carbocycles. The molecule has 0 spiro atoms. The third kappa shape index (κ3) is 4.26. The third-order valence-electron chi connectivity index (χ3n) is 2.38. The molecule has 0 aromatic heterocycles. The molecule has 18 heavy (non-hydrogen) atoms. The molecule has 1 aromatic rings. The van der Waals surface area contributed by atoms with Crippen LogP contribution in [0.15, 0.2) is 28.7 Å². The van der Waals surface area contributed by atoms with E-state index >= 15 is 0 Å². The molecule has 0 N–H and O–H groups in total. The molecule has 0 fully saturated rings. The molecule has 0 bridgehead atoms. The fourth-order valence-electron chi connectivity index (χ4n) is 1.61. The van der Waals surface area contributed by atoms with Crippen LogP contribution in [0.1, 0.15) is 26.3 Å². The summed E-state index contributed by atoms with van der Waals surface area (Å²) in [6, 6.07) is 4.58. The van der Waals surface area contributed by atoms with Crippen LogP contribution in [0, 0.1) is 11.7 Å². The number of halogens is 2. The third-order valence-corrected chi connectivity index (χ3v) is 2.84. The van der Waals surface area contributed by atoms with E-state index in [0.717, 1.165) is 5.57 Å². The van der Waals surface area contributed by atoms with E-state index in [1.807, 2.05) is 13.8 Å². The first-order valence-electron chi connectivity index (χ1n) is 5.78. The molecule has 1 rings (SSSR count). The maximum Gasteiger partial charge on any atom is 0.331 e. The molecule has 4 heteroatoms. The van der Waals surface area contributed by atoms with Gasteiger partial charge in [0, 0.05) is 10.5 Å². The van der Waals surface area contributed by atoms with Crippen LogP contribution in [0.25, 0.3) is 5.57 Å². The molecule has 0 aliphatic carbocycles. The predicted octanol–water partition coefficient (Wildman–Crippen LogP) is 4.19. The second kappa shape index (κ2) is 6.69. The number of rotatable bonds is 4. The Morgan fingerprint density at radius 3 is 2.61 bits per heavy atom. The van der Waals surface area contributed by atoms with Gasteiger partial charge in [0.25, 0.3) is 0 Å². The zero-order chi connectivity index (χ0) is 13.7. The van der Waals surface area contributed by atoms with Gasteiger partial charge in [0.1, 0.15) is 5.82 Å². The molecule has 98 valence electrons. The van der Waals surface area contributed by atoms with Gasteiger partial charge in [0.15, 0.2) is 0 Å². The summed E-state index contributed by atoms with van der Waals surface area (Å²) >= 11 is 3.24. The van der Waals surface area contributed by atoms with Crippen molar-refractivity contribution >= 4 is 27.5 Å². The Hall–Kier alpha value is -1.16. The molecule has 0 aliphatic rings. The number of ether oxygens (including phenoxy) is 1. The Morgan fingerprint density at radius 1 is 1.44 bits per heavy atom. The van der Waals surface area contributed by atoms with E-state index in [1.165, 1.54) is 18.2 Å². The van der Waals surface area contributed by atoms with Gasteiger partial charge < -0.3 is 4.74 Å². The maximum absolute atomic E-state index is 13.4. The Bertz CT molecular complexity index is 447. The monoisotopic (exact) mass is 314 g/mol. The summed E-state index contributed by atoms with van der Waals surface area (Å²) in [5.41, 5.74) is 1.44. The van der Waals surface area contributed by atoms with Crippen molar-refractivity contribution in [2.24, 2.45) is 5.92 Å². The van der Waals surface area contributed by atoms with Gasteiger partial charge in [-0.2, -0.15) is 0 Å². The van der Waals surface area contributed by atoms with Crippen molar-refractivity contribution < 1.29 is 13.9 Å². The van der Waals surface area contributed by atoms with Crippen LogP contribution in [-0.4, -0.2) is 12.6 Å². The second-order valence-electron chi connectivity index (χ2n) is 4.16. The molecular formula is C14H16BrFO2. The fourth-order valence-corrected chi connectivity index (χ4v) is 2.08. The highest BCUT2D eigenvalue weighted by molar-refractivity contribution is 9.10. The van der Waals surface area contributed by atoms with Gasteiger partial charge in [-0.1, -0.05) is 29.8 Å². The first-order valence-corrected chi connectivity index (χ1v) is 6.58. The van der Waals surface area contributed by atoms with E-state index in [0.29, 0.717) is 16.6 Å². The lowest BCUT2D eigenvalue weighted by Gasteiger charge is -2.12. The van der Waals surface area contributed by atoms with Crippen molar-refractivity contribution in [2.45, 2.75) is 20.8 Å². The van der Waals surface area contributed by atoms with Crippen molar-refractivity contribution in [1.29, 1.82) is 0 Å². The van der Waals surface area contributed by atoms with E-state index < -0.39 is 5.97 Å². The highest BCUT2D eigenvalue weighted by Crippen LogP contribution is 2.26. The summed E-state index contributed by atoms with van der Waals surface area (Å²) in [6.07, 6.45) is 1.43. The van der Waals surface area contributed by atoms with Crippen LogP contribution in [0.5, 0.6) is 0 Å². The number of carbonyl (C=O) groups excluding carboxylic acids is 1. The van der Waals surface area contributed by atoms with Gasteiger partial charge in [0.2, 0.25) is 0 Å². The molecule has 0 unspecified atom stereocenters. The van der Waals surface area contributed by atoms with E-state index in [2.05, 4.69) is 15.9 Å². The van der Waals surface area contributed by atoms with Gasteiger partial charge >= 0.3 is 5.97 Å². The zero-order valence-electron chi connectivity index (χ0n) is 10.7. The van der Waals surface area contributed by atoms with Crippen molar-refractivity contribution in [2.75, 3.05) is 6.61 Å². The van der Waals surface area contributed by atoms with Crippen LogP contribution in [0.2, 0.25) is 0 Å². The first kappa shape index (κ1) is 14.9. The van der Waals surface area contributed by atoms with E-state index in [4.69, 9.17) is 4.74 Å². The SMILES string of the molecule is CCOC(=O)/C=C(\c1cc(F)cc(Br)c1)C(C)C. The summed E-state index contributed by atoms with van der Waals surface area (Å²) in [4.78, 5) is 11.5. The number of carbonyl (C=O) groups is 1. The maximum atomic E-state index is 13.4. The van der Waals surface area contributed by atoms with Gasteiger partial charge in [-0.15, -0.1) is 0 Å². The van der Waals surface area contributed by atoms with Crippen LogP contribution in [0.3, 0.4) is 0 Å². The largest absolute Gasteiger partial charge is 0.463 e. The minimum atomic E-state index is -0.401. The Morgan fingerprint density at radius 2 is 2.11 bits per heavy atom. The molecule has 0 amide bonds. The number of esters is 1. The summed E-state index contributed by atoms with van der Waals surface area (Å²) in [5, 5.41) is 0. The minimum Gasteiger partial charge on any atom is -0.463 e. The molecule has 0 saturated heterocycles. The highest BCUT2D eigenvalue weighted by Gasteiger charge is 2.11. The minimum absolute atomic E-state index is 0.100. The molecule has 0 atom stereocenters. The normalized spacial score (nSPS) is 11.8. The number of hydrogen-bond donors (Lipinski definition) is 0. The summed E-state index contributed by atoms with van der Waals surface area (Å²) < 4.78 is 18.9. The van der Waals surface area contributed by atoms with Crippen LogP contribution in [0.4, 0.5) is 4.39 Å². The van der Waals surface area contributed by atoms with Crippen LogP contribution in [-0.2, 0) is 9.53 Å². The summed E-state index contributed by atoms with van der Waals surface area (Å²) in [7, 11) is 0. The van der Waals surface area contributed by atoms with Crippen LogP contribution < -0.4 is 0 Å². The average molecular weight is 315 g/mol. The van der Waals surface area contributed by atoms with Gasteiger partial charge in [-0.25, -0.2) is 9.18 Å². The molecule has 0 aliphatic heterocycles. The van der Waals surface area contributed by atoms with Gasteiger partial charge in [-0.05, 0) is 42.2 Å². The second-order valence-corrected chi connectivity index (χ2v) is 5.08. The van der Waals surface area contributed by atoms with Gasteiger partial charge in [-0.3, -0.25) is 0 Å². The lowest BCUT2D eigenvalue weighted by molar-refractivity contribution is -0.137. The smallest absolute Gasteiger partial charge is 0.331 e. The molecule has 0 radical (unpaired) electrons. The quantitative estimate of drug-likeness (QED) is 0.615. The molecule has 0 heterocycles. The van der Waals surface area contributed by atoms with E-state index in [9.17, 15) is 9.18 Å². The fraction of sp³-hybridized carbons (Fsp3) is 0.357. The summed E-state index contributed by atoms with van der Waals surface area (Å²) in [5.74, 6) is -0.639. The van der Waals surface area contributed by atoms with Crippen molar-refractivity contribution in [3.63, 3.8) is 0 Å². The topological polar surface area (TPSA) is 26.3 Å². The predicted molar refractivity (Wildman–Crippen MR) is 73.5 cm³/mol. The lowest BCUT2D eigenvalue weighted by Crippen LogP contribution is -2.04. The first-order chi connectivity index (χ1) is 8.43. The van der Waals surface area contributed by atoms with Crippen molar-refractivity contribution in [3.8, 4) is 0 Å². The number of allylic oxidation sites excluding steroid dienone is 1. The van der Waals surface area contributed by atoms with Crippen molar-refractivity contribution in [3.05, 3.63) is 40.1 Å². The Kier molecular flexibility index (Phi) is 5.54. The molecular weight excluding hydrogens is 299 g/mol. The van der Waals surface area contributed by atoms with E-state index in [-0.39, 0.29) is 11.7 Å². The highest BCUT2D eigenvalue weighted by atomic mass is 79.9. The molecule has 0 saturated carbocycles.